The number of unbranched alkanes of at least 4 members (excludes halogenated alkanes) is 2. The molecule has 0 N–H and O–H groups in total. The van der Waals surface area contributed by atoms with Crippen LogP contribution in [0, 0.1) is 17.1 Å². The first-order valence-corrected chi connectivity index (χ1v) is 8.31. The van der Waals surface area contributed by atoms with E-state index in [1.165, 1.54) is 48.7 Å². The molecule has 0 spiro atoms. The van der Waals surface area contributed by atoms with Crippen molar-refractivity contribution in [2.45, 2.75) is 32.6 Å². The average Bonchev–Trinajstić information content (AvgIpc) is 2.63. The van der Waals surface area contributed by atoms with Gasteiger partial charge < -0.3 is 4.74 Å². The van der Waals surface area contributed by atoms with E-state index in [2.05, 4.69) is 6.92 Å². The molecule has 0 aliphatic heterocycles. The fourth-order valence-electron chi connectivity index (χ4n) is 2.33. The highest BCUT2D eigenvalue weighted by atomic mass is 19.1. The van der Waals surface area contributed by atoms with Crippen molar-refractivity contribution >= 4 is 12.0 Å². The van der Waals surface area contributed by atoms with Gasteiger partial charge in [-0.2, -0.15) is 5.26 Å². The van der Waals surface area contributed by atoms with E-state index in [4.69, 9.17) is 4.74 Å². The van der Waals surface area contributed by atoms with Gasteiger partial charge in [-0.15, -0.1) is 0 Å². The zero-order valence-corrected chi connectivity index (χ0v) is 14.2. The Morgan fingerprint density at radius 3 is 2.40 bits per heavy atom. The van der Waals surface area contributed by atoms with E-state index in [1.807, 2.05) is 30.3 Å². The van der Waals surface area contributed by atoms with Gasteiger partial charge in [0.05, 0.1) is 0 Å². The second kappa shape index (κ2) is 9.39. The van der Waals surface area contributed by atoms with Crippen molar-refractivity contribution in [1.29, 1.82) is 5.26 Å². The Bertz CT molecular complexity index is 771. The molecular weight excluding hydrogens is 317 g/mol. The Morgan fingerprint density at radius 1 is 1.12 bits per heavy atom. The van der Waals surface area contributed by atoms with Crippen LogP contribution in [-0.2, 0) is 11.2 Å². The number of hydrogen-bond donors (Lipinski definition) is 0. The number of esters is 1. The third-order valence-corrected chi connectivity index (χ3v) is 3.72. The van der Waals surface area contributed by atoms with Gasteiger partial charge in [-0.3, -0.25) is 0 Å². The molecule has 3 nitrogen and oxygen atoms in total. The summed E-state index contributed by atoms with van der Waals surface area (Å²) in [5.74, 6) is -0.991. The molecule has 2 rings (SSSR count). The van der Waals surface area contributed by atoms with Crippen LogP contribution in [0.1, 0.15) is 37.3 Å². The lowest BCUT2D eigenvalue weighted by Gasteiger charge is -2.04. The van der Waals surface area contributed by atoms with Crippen LogP contribution in [0.4, 0.5) is 4.39 Å². The number of nitrogens with zero attached hydrogens (tertiary/aromatic N) is 1. The second-order valence-corrected chi connectivity index (χ2v) is 5.71. The molecule has 0 atom stereocenters. The van der Waals surface area contributed by atoms with Crippen LogP contribution in [-0.4, -0.2) is 5.97 Å². The van der Waals surface area contributed by atoms with Crippen molar-refractivity contribution in [3.8, 4) is 11.8 Å². The summed E-state index contributed by atoms with van der Waals surface area (Å²) in [6.07, 6.45) is 6.05. The Kier molecular flexibility index (Phi) is 6.91. The third kappa shape index (κ3) is 5.89. The standard InChI is InChI=1S/C21H20FNO2/c1-2-3-4-5-16-6-8-17(9-7-16)14-18(15-23)21(24)25-20-12-10-19(22)11-13-20/h6-14H,2-5H2,1H3/b18-14+. The summed E-state index contributed by atoms with van der Waals surface area (Å²) in [5.41, 5.74) is 1.88. The minimum Gasteiger partial charge on any atom is -0.422 e. The van der Waals surface area contributed by atoms with Crippen LogP contribution in [0.25, 0.3) is 6.08 Å². The SMILES string of the molecule is CCCCCc1ccc(/C=C(\C#N)C(=O)Oc2ccc(F)cc2)cc1. The smallest absolute Gasteiger partial charge is 0.354 e. The van der Waals surface area contributed by atoms with Crippen LogP contribution in [0.3, 0.4) is 0 Å². The second-order valence-electron chi connectivity index (χ2n) is 5.71. The van der Waals surface area contributed by atoms with Crippen molar-refractivity contribution in [1.82, 2.24) is 0 Å². The maximum absolute atomic E-state index is 12.9. The average molecular weight is 337 g/mol. The van der Waals surface area contributed by atoms with Gasteiger partial charge in [0.1, 0.15) is 23.2 Å². The maximum atomic E-state index is 12.9. The van der Waals surface area contributed by atoms with Gasteiger partial charge in [0.15, 0.2) is 0 Å². The lowest BCUT2D eigenvalue weighted by atomic mass is 10.0. The fourth-order valence-corrected chi connectivity index (χ4v) is 2.33. The van der Waals surface area contributed by atoms with Crippen LogP contribution in [0.2, 0.25) is 0 Å². The fraction of sp³-hybridized carbons (Fsp3) is 0.238. The molecule has 25 heavy (non-hydrogen) atoms. The molecule has 0 aromatic heterocycles. The van der Waals surface area contributed by atoms with Gasteiger partial charge in [-0.25, -0.2) is 9.18 Å². The molecule has 0 saturated carbocycles. The van der Waals surface area contributed by atoms with Gasteiger partial charge in [-0.1, -0.05) is 44.0 Å². The molecule has 2 aromatic carbocycles. The van der Waals surface area contributed by atoms with Crippen molar-refractivity contribution < 1.29 is 13.9 Å². The first kappa shape index (κ1) is 18.4. The Labute approximate surface area is 147 Å². The van der Waals surface area contributed by atoms with E-state index in [1.54, 1.807) is 0 Å². The number of carbonyl (C=O) groups is 1. The number of hydrogen-bond acceptors (Lipinski definition) is 3. The molecule has 0 bridgehead atoms. The van der Waals surface area contributed by atoms with Crippen LogP contribution in [0.15, 0.2) is 54.1 Å². The molecule has 2 aromatic rings. The summed E-state index contributed by atoms with van der Waals surface area (Å²) in [6.45, 7) is 2.17. The molecule has 128 valence electrons. The molecule has 4 heteroatoms. The van der Waals surface area contributed by atoms with Gasteiger partial charge >= 0.3 is 5.97 Å². The largest absolute Gasteiger partial charge is 0.422 e. The van der Waals surface area contributed by atoms with Crippen LogP contribution < -0.4 is 4.74 Å². The quantitative estimate of drug-likeness (QED) is 0.233. The summed E-state index contributed by atoms with van der Waals surface area (Å²) < 4.78 is 17.9. The van der Waals surface area contributed by atoms with Gasteiger partial charge in [-0.05, 0) is 54.3 Å². The molecule has 0 aliphatic carbocycles. The predicted molar refractivity (Wildman–Crippen MR) is 95.3 cm³/mol. The highest BCUT2D eigenvalue weighted by Gasteiger charge is 2.12. The molecule has 0 saturated heterocycles. The number of halogens is 1. The molecule has 0 radical (unpaired) electrons. The molecule has 0 amide bonds. The van der Waals surface area contributed by atoms with E-state index in [9.17, 15) is 14.4 Å². The summed E-state index contributed by atoms with van der Waals surface area (Å²) in [5, 5.41) is 9.20. The number of aryl methyl sites for hydroxylation is 1. The molecule has 0 aliphatic rings. The van der Waals surface area contributed by atoms with E-state index in [0.717, 1.165) is 18.4 Å². The zero-order chi connectivity index (χ0) is 18.1. The maximum Gasteiger partial charge on any atom is 0.354 e. The summed E-state index contributed by atoms with van der Waals surface area (Å²) >= 11 is 0. The summed E-state index contributed by atoms with van der Waals surface area (Å²) in [4.78, 5) is 12.1. The first-order valence-electron chi connectivity index (χ1n) is 8.31. The minimum absolute atomic E-state index is 0.108. The Hall–Kier alpha value is -2.93. The normalized spacial score (nSPS) is 11.0. The lowest BCUT2D eigenvalue weighted by molar-refractivity contribution is -0.129. The summed E-state index contributed by atoms with van der Waals surface area (Å²) in [6, 6.07) is 14.7. The minimum atomic E-state index is -0.763. The summed E-state index contributed by atoms with van der Waals surface area (Å²) in [7, 11) is 0. The first-order chi connectivity index (χ1) is 12.1. The molecule has 0 unspecified atom stereocenters. The van der Waals surface area contributed by atoms with Gasteiger partial charge in [0.25, 0.3) is 0 Å². The molecule has 0 fully saturated rings. The highest BCUT2D eigenvalue weighted by Crippen LogP contribution is 2.15. The van der Waals surface area contributed by atoms with Crippen molar-refractivity contribution in [3.63, 3.8) is 0 Å². The van der Waals surface area contributed by atoms with Gasteiger partial charge in [0, 0.05) is 0 Å². The van der Waals surface area contributed by atoms with Crippen molar-refractivity contribution in [2.24, 2.45) is 0 Å². The molecular formula is C21H20FNO2. The number of ether oxygens (including phenoxy) is 1. The number of rotatable bonds is 7. The van der Waals surface area contributed by atoms with Crippen LogP contribution in [0.5, 0.6) is 5.75 Å². The Balaban J connectivity index is 2.04. The van der Waals surface area contributed by atoms with E-state index in [-0.39, 0.29) is 11.3 Å². The Morgan fingerprint density at radius 2 is 1.80 bits per heavy atom. The number of nitriles is 1. The lowest BCUT2D eigenvalue weighted by Crippen LogP contribution is -2.10. The number of benzene rings is 2. The zero-order valence-electron chi connectivity index (χ0n) is 14.2. The highest BCUT2D eigenvalue weighted by molar-refractivity contribution is 5.99. The third-order valence-electron chi connectivity index (χ3n) is 3.72. The topological polar surface area (TPSA) is 50.1 Å². The van der Waals surface area contributed by atoms with E-state index >= 15 is 0 Å². The van der Waals surface area contributed by atoms with Crippen molar-refractivity contribution in [3.05, 3.63) is 71.0 Å². The van der Waals surface area contributed by atoms with Gasteiger partial charge in [0.2, 0.25) is 0 Å². The van der Waals surface area contributed by atoms with Crippen LogP contribution >= 0.6 is 0 Å². The molecule has 0 heterocycles. The number of carbonyl (C=O) groups excluding carboxylic acids is 1. The van der Waals surface area contributed by atoms with Crippen molar-refractivity contribution in [2.75, 3.05) is 0 Å². The van der Waals surface area contributed by atoms with E-state index < -0.39 is 11.8 Å². The monoisotopic (exact) mass is 337 g/mol. The predicted octanol–water partition coefficient (Wildman–Crippen LogP) is 5.07. The van der Waals surface area contributed by atoms with E-state index in [0.29, 0.717) is 0 Å².